The second-order valence-electron chi connectivity index (χ2n) is 13.8. The third-order valence-electron chi connectivity index (χ3n) is 10.5. The van der Waals surface area contributed by atoms with Crippen molar-refractivity contribution in [1.82, 2.24) is 30.2 Å². The van der Waals surface area contributed by atoms with Crippen LogP contribution in [0.25, 0.3) is 0 Å². The summed E-state index contributed by atoms with van der Waals surface area (Å²) < 4.78 is 0. The van der Waals surface area contributed by atoms with E-state index < -0.39 is 42.4 Å². The third kappa shape index (κ3) is 8.03. The van der Waals surface area contributed by atoms with Crippen molar-refractivity contribution in [1.29, 1.82) is 0 Å². The number of nitrogens with zero attached hydrogens (tertiary/aromatic N) is 4. The lowest BCUT2D eigenvalue weighted by molar-refractivity contribution is -0.153. The molecule has 268 valence electrons. The summed E-state index contributed by atoms with van der Waals surface area (Å²) >= 11 is 6.37. The van der Waals surface area contributed by atoms with Gasteiger partial charge in [0.1, 0.15) is 30.2 Å². The fourth-order valence-electron chi connectivity index (χ4n) is 7.71. The maximum atomic E-state index is 14.1. The summed E-state index contributed by atoms with van der Waals surface area (Å²) in [6.07, 6.45) is 3.83. The first-order valence-electron chi connectivity index (χ1n) is 17.6. The van der Waals surface area contributed by atoms with Gasteiger partial charge in [-0.2, -0.15) is 0 Å². The highest BCUT2D eigenvalue weighted by molar-refractivity contribution is 6.31. The lowest BCUT2D eigenvalue weighted by Crippen LogP contribution is -2.58. The molecule has 1 aromatic carbocycles. The van der Waals surface area contributed by atoms with Gasteiger partial charge in [-0.05, 0) is 76.8 Å². The number of rotatable bonds is 10. The number of carbonyl (C=O) groups is 6. The summed E-state index contributed by atoms with van der Waals surface area (Å²) in [5, 5.41) is 15.9. The molecule has 5 rings (SSSR count). The van der Waals surface area contributed by atoms with Crippen molar-refractivity contribution in [2.75, 3.05) is 26.2 Å². The lowest BCUT2D eigenvalue weighted by Gasteiger charge is -2.36. The third-order valence-corrected chi connectivity index (χ3v) is 10.8. The van der Waals surface area contributed by atoms with Crippen molar-refractivity contribution in [3.05, 3.63) is 34.9 Å². The van der Waals surface area contributed by atoms with E-state index in [9.17, 15) is 33.9 Å². The molecule has 49 heavy (non-hydrogen) atoms. The molecule has 0 saturated carbocycles. The number of aliphatic hydroxyl groups is 1. The summed E-state index contributed by atoms with van der Waals surface area (Å²) in [6.45, 7) is 6.15. The first kappa shape index (κ1) is 36.6. The van der Waals surface area contributed by atoms with Gasteiger partial charge in [-0.25, -0.2) is 0 Å². The summed E-state index contributed by atoms with van der Waals surface area (Å²) in [7, 11) is 0. The minimum atomic E-state index is -0.912. The first-order chi connectivity index (χ1) is 23.4. The average molecular weight is 701 g/mol. The molecule has 4 aliphatic heterocycles. The van der Waals surface area contributed by atoms with Gasteiger partial charge in [-0.15, -0.1) is 0 Å². The number of likely N-dealkylation sites (tertiary alicyclic amines) is 4. The summed E-state index contributed by atoms with van der Waals surface area (Å²) in [5.41, 5.74) is 0.702. The molecule has 4 fully saturated rings. The van der Waals surface area contributed by atoms with Gasteiger partial charge in [0.25, 0.3) is 0 Å². The Labute approximate surface area is 292 Å². The highest BCUT2D eigenvalue weighted by Gasteiger charge is 2.48. The van der Waals surface area contributed by atoms with E-state index >= 15 is 0 Å². The molecule has 3 N–H and O–H groups in total. The van der Waals surface area contributed by atoms with Crippen LogP contribution in [0.3, 0.4) is 0 Å². The second kappa shape index (κ2) is 15.9. The van der Waals surface area contributed by atoms with Crippen LogP contribution in [0.4, 0.5) is 0 Å². The Kier molecular flexibility index (Phi) is 11.9. The van der Waals surface area contributed by atoms with Crippen LogP contribution < -0.4 is 10.6 Å². The van der Waals surface area contributed by atoms with E-state index in [1.165, 1.54) is 11.8 Å². The fraction of sp³-hybridized carbons (Fsp3) is 0.657. The van der Waals surface area contributed by atoms with E-state index in [4.69, 9.17) is 11.6 Å². The molecule has 6 amide bonds. The molecule has 0 aliphatic carbocycles. The maximum Gasteiger partial charge on any atom is 0.246 e. The van der Waals surface area contributed by atoms with Crippen molar-refractivity contribution in [3.8, 4) is 0 Å². The lowest BCUT2D eigenvalue weighted by atomic mass is 10.0. The van der Waals surface area contributed by atoms with E-state index in [1.54, 1.807) is 46.7 Å². The largest absolute Gasteiger partial charge is 0.391 e. The Morgan fingerprint density at radius 1 is 0.735 bits per heavy atom. The molecule has 4 saturated heterocycles. The van der Waals surface area contributed by atoms with Gasteiger partial charge in [-0.3, -0.25) is 28.8 Å². The number of nitrogens with one attached hydrogen (secondary N) is 2. The van der Waals surface area contributed by atoms with E-state index in [-0.39, 0.29) is 41.9 Å². The monoisotopic (exact) mass is 700 g/mol. The van der Waals surface area contributed by atoms with Gasteiger partial charge < -0.3 is 35.3 Å². The molecular weight excluding hydrogens is 652 g/mol. The van der Waals surface area contributed by atoms with Crippen LogP contribution in [0, 0.1) is 0 Å². The SMILES string of the molecule is CC(=O)N[C@@H](Cc1ccccc1Cl)C(=O)N1CCC[C@H]1C(=O)N1CCC[C@H]1C(=O)N1CCC[C@H]1C(=O)N1CCC[C@H]1C(=O)N[C@H](C)[C@@H](C)O. The number of hydrogen-bond donors (Lipinski definition) is 3. The molecule has 0 unspecified atom stereocenters. The van der Waals surface area contributed by atoms with Crippen LogP contribution in [0.5, 0.6) is 0 Å². The number of amides is 6. The Hall–Kier alpha value is -3.71. The van der Waals surface area contributed by atoms with Gasteiger partial charge in [0, 0.05) is 44.5 Å². The molecular formula is C35H49ClN6O7. The van der Waals surface area contributed by atoms with Gasteiger partial charge in [0.05, 0.1) is 12.1 Å². The van der Waals surface area contributed by atoms with Crippen LogP contribution in [0.2, 0.25) is 5.02 Å². The van der Waals surface area contributed by atoms with Crippen LogP contribution in [0.15, 0.2) is 24.3 Å². The zero-order chi connectivity index (χ0) is 35.4. The molecule has 14 heteroatoms. The quantitative estimate of drug-likeness (QED) is 0.331. The van der Waals surface area contributed by atoms with E-state index in [0.717, 1.165) is 0 Å². The van der Waals surface area contributed by atoms with E-state index in [0.29, 0.717) is 88.1 Å². The van der Waals surface area contributed by atoms with Crippen molar-refractivity contribution < 1.29 is 33.9 Å². The topological polar surface area (TPSA) is 160 Å². The van der Waals surface area contributed by atoms with Crippen LogP contribution in [0.1, 0.15) is 77.7 Å². The van der Waals surface area contributed by atoms with Gasteiger partial charge >= 0.3 is 0 Å². The van der Waals surface area contributed by atoms with Crippen molar-refractivity contribution >= 4 is 47.0 Å². The number of carbonyl (C=O) groups excluding carboxylic acids is 6. The zero-order valence-corrected chi connectivity index (χ0v) is 29.4. The van der Waals surface area contributed by atoms with Gasteiger partial charge in [-0.1, -0.05) is 29.8 Å². The highest BCUT2D eigenvalue weighted by atomic mass is 35.5. The van der Waals surface area contributed by atoms with E-state index in [2.05, 4.69) is 10.6 Å². The Bertz CT molecular complexity index is 1440. The summed E-state index contributed by atoms with van der Waals surface area (Å²) in [4.78, 5) is 87.5. The van der Waals surface area contributed by atoms with E-state index in [1.807, 2.05) is 6.07 Å². The number of hydrogen-bond acceptors (Lipinski definition) is 7. The molecule has 0 spiro atoms. The van der Waals surface area contributed by atoms with Crippen LogP contribution in [-0.2, 0) is 35.2 Å². The van der Waals surface area contributed by atoms with Crippen molar-refractivity contribution in [2.45, 2.75) is 121 Å². The maximum absolute atomic E-state index is 14.1. The number of aliphatic hydroxyl groups excluding tert-OH is 1. The predicted molar refractivity (Wildman–Crippen MR) is 181 cm³/mol. The number of halogens is 1. The normalized spacial score (nSPS) is 25.7. The Balaban J connectivity index is 1.27. The van der Waals surface area contributed by atoms with Gasteiger partial charge in [0.15, 0.2) is 0 Å². The molecule has 0 radical (unpaired) electrons. The summed E-state index contributed by atoms with van der Waals surface area (Å²) in [6, 6.07) is 2.82. The smallest absolute Gasteiger partial charge is 0.246 e. The molecule has 13 nitrogen and oxygen atoms in total. The standard InChI is InChI=1S/C35H49ClN6O7/c1-21(22(2)43)37-31(45)27-12-6-16-39(27)33(47)29-14-8-18-41(29)35(49)30-15-9-19-42(30)34(48)28-13-7-17-40(28)32(46)26(38-23(3)44)20-24-10-4-5-11-25(24)36/h4-5,10-11,21-22,26-30,43H,6-9,12-20H2,1-3H3,(H,37,45)(H,38,44)/t21-,22-,26+,27+,28+,29+,30+/m1/s1. The molecule has 0 bridgehead atoms. The second-order valence-corrected chi connectivity index (χ2v) is 14.3. The molecule has 4 aliphatic rings. The predicted octanol–water partition coefficient (Wildman–Crippen LogP) is 1.24. The Morgan fingerprint density at radius 3 is 1.67 bits per heavy atom. The minimum Gasteiger partial charge on any atom is -0.391 e. The van der Waals surface area contributed by atoms with Crippen molar-refractivity contribution in [3.63, 3.8) is 0 Å². The molecule has 4 heterocycles. The first-order valence-corrected chi connectivity index (χ1v) is 18.0. The zero-order valence-electron chi connectivity index (χ0n) is 28.6. The van der Waals surface area contributed by atoms with Gasteiger partial charge in [0.2, 0.25) is 35.4 Å². The summed E-state index contributed by atoms with van der Waals surface area (Å²) in [5.74, 6) is -1.90. The van der Waals surface area contributed by atoms with Crippen molar-refractivity contribution in [2.24, 2.45) is 0 Å². The molecule has 7 atom stereocenters. The van der Waals surface area contributed by atoms with Crippen LogP contribution in [-0.4, -0.2) is 129 Å². The molecule has 1 aromatic rings. The molecule has 0 aromatic heterocycles. The van der Waals surface area contributed by atoms with Crippen LogP contribution >= 0.6 is 11.6 Å². The highest BCUT2D eigenvalue weighted by Crippen LogP contribution is 2.31. The minimum absolute atomic E-state index is 0.170. The fourth-order valence-corrected chi connectivity index (χ4v) is 7.92. The average Bonchev–Trinajstić information content (AvgIpc) is 3.90. The number of benzene rings is 1. The Morgan fingerprint density at radius 2 is 1.18 bits per heavy atom.